The lowest BCUT2D eigenvalue weighted by Crippen LogP contribution is -2.21. The zero-order valence-electron chi connectivity index (χ0n) is 15.2. The molecule has 1 N–H and O–H groups in total. The molecule has 0 aliphatic rings. The van der Waals surface area contributed by atoms with Gasteiger partial charge in [0.15, 0.2) is 0 Å². The van der Waals surface area contributed by atoms with E-state index in [1.54, 1.807) is 24.3 Å². The number of carbonyl (C=O) groups excluding carboxylic acids is 1. The molecule has 5 heteroatoms. The monoisotopic (exact) mass is 367 g/mol. The molecule has 0 fully saturated rings. The maximum atomic E-state index is 12.4. The summed E-state index contributed by atoms with van der Waals surface area (Å²) >= 11 is 6.07. The van der Waals surface area contributed by atoms with Crippen molar-refractivity contribution in [3.63, 3.8) is 0 Å². The van der Waals surface area contributed by atoms with Gasteiger partial charge in [-0.25, -0.2) is 0 Å². The number of hydrogen-bond donors (Lipinski definition) is 1. The van der Waals surface area contributed by atoms with Crippen LogP contribution in [-0.4, -0.2) is 19.0 Å². The van der Waals surface area contributed by atoms with Crippen molar-refractivity contribution in [3.05, 3.63) is 64.2 Å². The number of nitrogens with one attached hydrogen (secondary N) is 1. The first-order chi connectivity index (χ1) is 12.5. The van der Waals surface area contributed by atoms with E-state index in [9.17, 15) is 10.1 Å². The Hall–Kier alpha value is -2.77. The summed E-state index contributed by atoms with van der Waals surface area (Å²) in [5.74, 6) is -0.453. The highest BCUT2D eigenvalue weighted by atomic mass is 35.5. The average molecular weight is 368 g/mol. The van der Waals surface area contributed by atoms with E-state index in [2.05, 4.69) is 24.1 Å². The third-order valence-electron chi connectivity index (χ3n) is 4.21. The van der Waals surface area contributed by atoms with E-state index >= 15 is 0 Å². The van der Waals surface area contributed by atoms with Gasteiger partial charge in [-0.2, -0.15) is 5.26 Å². The van der Waals surface area contributed by atoms with Crippen molar-refractivity contribution in [1.82, 2.24) is 0 Å². The summed E-state index contributed by atoms with van der Waals surface area (Å²) in [5.41, 5.74) is 3.32. The molecule has 0 aromatic heterocycles. The molecule has 134 valence electrons. The molecule has 0 heterocycles. The zero-order valence-corrected chi connectivity index (χ0v) is 16.0. The van der Waals surface area contributed by atoms with Crippen molar-refractivity contribution in [2.75, 3.05) is 23.3 Å². The predicted molar refractivity (Wildman–Crippen MR) is 108 cm³/mol. The molecular formula is C21H22ClN3O. The van der Waals surface area contributed by atoms with Crippen LogP contribution in [0, 0.1) is 18.3 Å². The summed E-state index contributed by atoms with van der Waals surface area (Å²) < 4.78 is 0. The fraction of sp³-hybridized carbons (Fsp3) is 0.238. The Morgan fingerprint density at radius 2 is 1.85 bits per heavy atom. The standard InChI is InChI=1S/C21H22ClN3O/c1-4-25(5-2)18-11-9-16(10-12-18)13-17(14-23)21(26)24-20-8-6-7-19(22)15(20)3/h6-13H,4-5H2,1-3H3,(H,24,26)/b17-13-. The van der Waals surface area contributed by atoms with E-state index in [-0.39, 0.29) is 5.57 Å². The van der Waals surface area contributed by atoms with Gasteiger partial charge in [0.25, 0.3) is 5.91 Å². The fourth-order valence-electron chi connectivity index (χ4n) is 2.62. The third kappa shape index (κ3) is 4.65. The Bertz CT molecular complexity index is 847. The number of nitriles is 1. The number of hydrogen-bond acceptors (Lipinski definition) is 3. The maximum absolute atomic E-state index is 12.4. The molecule has 0 saturated heterocycles. The quantitative estimate of drug-likeness (QED) is 0.574. The van der Waals surface area contributed by atoms with E-state index in [0.29, 0.717) is 10.7 Å². The lowest BCUT2D eigenvalue weighted by atomic mass is 10.1. The van der Waals surface area contributed by atoms with E-state index in [1.165, 1.54) is 0 Å². The number of carbonyl (C=O) groups is 1. The second kappa shape index (κ2) is 9.07. The van der Waals surface area contributed by atoms with Crippen molar-refractivity contribution in [3.8, 4) is 6.07 Å². The highest BCUT2D eigenvalue weighted by Crippen LogP contribution is 2.23. The minimum Gasteiger partial charge on any atom is -0.372 e. The van der Waals surface area contributed by atoms with Crippen LogP contribution in [0.1, 0.15) is 25.0 Å². The van der Waals surface area contributed by atoms with Gasteiger partial charge in [0.2, 0.25) is 0 Å². The van der Waals surface area contributed by atoms with Gasteiger partial charge >= 0.3 is 0 Å². The van der Waals surface area contributed by atoms with Crippen molar-refractivity contribution in [1.29, 1.82) is 5.26 Å². The maximum Gasteiger partial charge on any atom is 0.266 e. The first-order valence-electron chi connectivity index (χ1n) is 8.53. The molecule has 1 amide bonds. The number of benzene rings is 2. The van der Waals surface area contributed by atoms with Crippen LogP contribution in [0.2, 0.25) is 5.02 Å². The molecule has 0 spiro atoms. The number of rotatable bonds is 6. The van der Waals surface area contributed by atoms with E-state index in [0.717, 1.165) is 29.9 Å². The molecule has 0 aliphatic heterocycles. The minimum absolute atomic E-state index is 0.0416. The smallest absolute Gasteiger partial charge is 0.266 e. The Morgan fingerprint density at radius 3 is 2.42 bits per heavy atom. The van der Waals surface area contributed by atoms with Crippen molar-refractivity contribution in [2.24, 2.45) is 0 Å². The van der Waals surface area contributed by atoms with Crippen LogP contribution < -0.4 is 10.2 Å². The lowest BCUT2D eigenvalue weighted by molar-refractivity contribution is -0.112. The van der Waals surface area contributed by atoms with Gasteiger partial charge in [0.05, 0.1) is 0 Å². The third-order valence-corrected chi connectivity index (χ3v) is 4.62. The molecule has 0 bridgehead atoms. The molecule has 0 atom stereocenters. The molecule has 0 aliphatic carbocycles. The summed E-state index contributed by atoms with van der Waals surface area (Å²) in [6.45, 7) is 7.88. The molecule has 0 radical (unpaired) electrons. The summed E-state index contributed by atoms with van der Waals surface area (Å²) in [4.78, 5) is 14.7. The van der Waals surface area contributed by atoms with E-state index < -0.39 is 5.91 Å². The van der Waals surface area contributed by atoms with Crippen molar-refractivity contribution >= 4 is 35.0 Å². The summed E-state index contributed by atoms with van der Waals surface area (Å²) in [6.07, 6.45) is 1.58. The molecule has 4 nitrogen and oxygen atoms in total. The summed E-state index contributed by atoms with van der Waals surface area (Å²) in [5, 5.41) is 12.7. The van der Waals surface area contributed by atoms with Gasteiger partial charge in [0.1, 0.15) is 11.6 Å². The Morgan fingerprint density at radius 1 is 1.19 bits per heavy atom. The topological polar surface area (TPSA) is 56.1 Å². The second-order valence-corrected chi connectivity index (χ2v) is 6.21. The van der Waals surface area contributed by atoms with Crippen molar-refractivity contribution < 1.29 is 4.79 Å². The Balaban J connectivity index is 2.20. The molecule has 2 rings (SSSR count). The first-order valence-corrected chi connectivity index (χ1v) is 8.91. The number of amides is 1. The van der Waals surface area contributed by atoms with E-state index in [4.69, 9.17) is 11.6 Å². The van der Waals surface area contributed by atoms with Gasteiger partial charge in [-0.1, -0.05) is 29.8 Å². The number of halogens is 1. The highest BCUT2D eigenvalue weighted by molar-refractivity contribution is 6.31. The highest BCUT2D eigenvalue weighted by Gasteiger charge is 2.12. The van der Waals surface area contributed by atoms with Crippen LogP contribution in [0.25, 0.3) is 6.08 Å². The van der Waals surface area contributed by atoms with Crippen LogP contribution in [0.3, 0.4) is 0 Å². The van der Waals surface area contributed by atoms with Crippen molar-refractivity contribution in [2.45, 2.75) is 20.8 Å². The molecule has 2 aromatic carbocycles. The van der Waals surface area contributed by atoms with Crippen LogP contribution in [0.4, 0.5) is 11.4 Å². The van der Waals surface area contributed by atoms with Gasteiger partial charge < -0.3 is 10.2 Å². The van der Waals surface area contributed by atoms with Crippen LogP contribution in [-0.2, 0) is 4.79 Å². The first kappa shape index (κ1) is 19.6. The lowest BCUT2D eigenvalue weighted by Gasteiger charge is -2.20. The van der Waals surface area contributed by atoms with E-state index in [1.807, 2.05) is 37.3 Å². The number of nitrogens with zero attached hydrogens (tertiary/aromatic N) is 2. The summed E-state index contributed by atoms with van der Waals surface area (Å²) in [6, 6.07) is 15.0. The molecule has 26 heavy (non-hydrogen) atoms. The average Bonchev–Trinajstić information content (AvgIpc) is 2.65. The normalized spacial score (nSPS) is 11.0. The molecular weight excluding hydrogens is 346 g/mol. The fourth-order valence-corrected chi connectivity index (χ4v) is 2.79. The van der Waals surface area contributed by atoms with Gasteiger partial charge in [0, 0.05) is 29.5 Å². The minimum atomic E-state index is -0.453. The molecule has 2 aromatic rings. The molecule has 0 unspecified atom stereocenters. The SMILES string of the molecule is CCN(CC)c1ccc(/C=C(/C#N)C(=O)Nc2cccc(Cl)c2C)cc1. The van der Waals surface area contributed by atoms with Crippen LogP contribution in [0.5, 0.6) is 0 Å². The zero-order chi connectivity index (χ0) is 19.1. The number of anilines is 2. The summed E-state index contributed by atoms with van der Waals surface area (Å²) in [7, 11) is 0. The van der Waals surface area contributed by atoms with Crippen LogP contribution >= 0.6 is 11.6 Å². The largest absolute Gasteiger partial charge is 0.372 e. The predicted octanol–water partition coefficient (Wildman–Crippen LogP) is 5.04. The Labute approximate surface area is 159 Å². The van der Waals surface area contributed by atoms with Crippen LogP contribution in [0.15, 0.2) is 48.0 Å². The van der Waals surface area contributed by atoms with Gasteiger partial charge in [-0.3, -0.25) is 4.79 Å². The second-order valence-electron chi connectivity index (χ2n) is 5.80. The molecule has 0 saturated carbocycles. The van der Waals surface area contributed by atoms with Gasteiger partial charge in [-0.05, 0) is 62.2 Å². The van der Waals surface area contributed by atoms with Gasteiger partial charge in [-0.15, -0.1) is 0 Å². The Kier molecular flexibility index (Phi) is 6.82.